The molecule has 0 atom stereocenters. The van der Waals surface area contributed by atoms with Gasteiger partial charge in [0.05, 0.1) is 0 Å². The van der Waals surface area contributed by atoms with Gasteiger partial charge >= 0.3 is 0 Å². The highest BCUT2D eigenvalue weighted by Gasteiger charge is 2.10. The van der Waals surface area contributed by atoms with E-state index in [9.17, 15) is 9.59 Å². The number of fused-ring (bicyclic) bond motifs is 1. The van der Waals surface area contributed by atoms with Gasteiger partial charge in [-0.25, -0.2) is 0 Å². The topological polar surface area (TPSA) is 65.7 Å². The van der Waals surface area contributed by atoms with Gasteiger partial charge < -0.3 is 0 Å². The summed E-state index contributed by atoms with van der Waals surface area (Å²) in [4.78, 5) is 22.3. The van der Waals surface area contributed by atoms with E-state index in [-0.39, 0.29) is 11.1 Å². The second kappa shape index (κ2) is 2.48. The van der Waals surface area contributed by atoms with Gasteiger partial charge in [0, 0.05) is 11.1 Å². The monoisotopic (exact) mass is 164 g/mol. The van der Waals surface area contributed by atoms with E-state index in [1.165, 1.54) is 0 Å². The van der Waals surface area contributed by atoms with Crippen LogP contribution in [-0.2, 0) is 6.42 Å². The Morgan fingerprint density at radius 3 is 2.67 bits per heavy atom. The van der Waals surface area contributed by atoms with Crippen LogP contribution in [0, 0.1) is 0 Å². The second-order valence-electron chi connectivity index (χ2n) is 2.74. The van der Waals surface area contributed by atoms with Crippen molar-refractivity contribution in [3.63, 3.8) is 0 Å². The average molecular weight is 164 g/mol. The summed E-state index contributed by atoms with van der Waals surface area (Å²) in [5, 5.41) is 4.58. The summed E-state index contributed by atoms with van der Waals surface area (Å²) >= 11 is 0. The molecule has 1 aromatic rings. The molecule has 12 heavy (non-hydrogen) atoms. The molecule has 62 valence electrons. The molecule has 0 saturated carbocycles. The first kappa shape index (κ1) is 7.09. The minimum Gasteiger partial charge on any atom is -0.268 e. The van der Waals surface area contributed by atoms with Gasteiger partial charge in [-0.1, -0.05) is 12.2 Å². The van der Waals surface area contributed by atoms with Crippen molar-refractivity contribution in [2.75, 3.05) is 0 Å². The molecule has 1 heterocycles. The number of hydrogen-bond acceptors (Lipinski definition) is 2. The van der Waals surface area contributed by atoms with Gasteiger partial charge in [-0.15, -0.1) is 0 Å². The van der Waals surface area contributed by atoms with Crippen molar-refractivity contribution in [3.05, 3.63) is 37.9 Å². The van der Waals surface area contributed by atoms with Crippen molar-refractivity contribution in [2.45, 2.75) is 12.8 Å². The van der Waals surface area contributed by atoms with E-state index in [2.05, 4.69) is 10.2 Å². The predicted octanol–water partition coefficient (Wildman–Crippen LogP) is 0.0226. The number of nitrogens with one attached hydrogen (secondary N) is 2. The lowest BCUT2D eigenvalue weighted by Crippen LogP contribution is -2.26. The van der Waals surface area contributed by atoms with Crippen molar-refractivity contribution in [1.82, 2.24) is 10.2 Å². The summed E-state index contributed by atoms with van der Waals surface area (Å²) in [6.45, 7) is 0. The zero-order valence-electron chi connectivity index (χ0n) is 6.39. The molecule has 0 aliphatic heterocycles. The average Bonchev–Trinajstić information content (AvgIpc) is 2.12. The summed E-state index contributed by atoms with van der Waals surface area (Å²) < 4.78 is 0. The van der Waals surface area contributed by atoms with Crippen LogP contribution < -0.4 is 11.1 Å². The fourth-order valence-corrected chi connectivity index (χ4v) is 1.37. The van der Waals surface area contributed by atoms with Gasteiger partial charge in [0.15, 0.2) is 0 Å². The Kier molecular flexibility index (Phi) is 1.46. The summed E-state index contributed by atoms with van der Waals surface area (Å²) in [6, 6.07) is 0. The number of aromatic nitrogens is 2. The Labute approximate surface area is 67.9 Å². The third kappa shape index (κ3) is 0.922. The zero-order chi connectivity index (χ0) is 8.55. The molecular formula is C8H8N2O2. The Morgan fingerprint density at radius 1 is 1.17 bits per heavy atom. The smallest absolute Gasteiger partial charge is 0.268 e. The van der Waals surface area contributed by atoms with E-state index in [0.29, 0.717) is 17.5 Å². The minimum absolute atomic E-state index is 0.186. The molecule has 0 aromatic carbocycles. The third-order valence-corrected chi connectivity index (χ3v) is 1.98. The maximum Gasteiger partial charge on any atom is 0.270 e. The van der Waals surface area contributed by atoms with Crippen LogP contribution in [-0.4, -0.2) is 10.2 Å². The summed E-state index contributed by atoms with van der Waals surface area (Å²) in [5.74, 6) is 0. The Morgan fingerprint density at radius 2 is 1.92 bits per heavy atom. The molecule has 1 aliphatic rings. The van der Waals surface area contributed by atoms with Gasteiger partial charge in [0.1, 0.15) is 0 Å². The SMILES string of the molecule is O=c1[nH][nH]c(=O)c2c1C=CCC2. The molecule has 0 amide bonds. The fraction of sp³-hybridized carbons (Fsp3) is 0.250. The highest BCUT2D eigenvalue weighted by molar-refractivity contribution is 5.53. The molecule has 0 saturated heterocycles. The van der Waals surface area contributed by atoms with Crippen LogP contribution in [0.2, 0.25) is 0 Å². The lowest BCUT2D eigenvalue weighted by Gasteiger charge is -2.05. The van der Waals surface area contributed by atoms with Crippen molar-refractivity contribution in [2.24, 2.45) is 0 Å². The van der Waals surface area contributed by atoms with Gasteiger partial charge in [0.25, 0.3) is 11.1 Å². The third-order valence-electron chi connectivity index (χ3n) is 1.98. The van der Waals surface area contributed by atoms with Crippen LogP contribution in [0.15, 0.2) is 15.7 Å². The fourth-order valence-electron chi connectivity index (χ4n) is 1.37. The van der Waals surface area contributed by atoms with Crippen LogP contribution in [0.4, 0.5) is 0 Å². The van der Waals surface area contributed by atoms with E-state index < -0.39 is 0 Å². The van der Waals surface area contributed by atoms with E-state index in [0.717, 1.165) is 6.42 Å². The summed E-state index contributed by atoms with van der Waals surface area (Å²) in [6.07, 6.45) is 5.09. The Bertz CT molecular complexity index is 439. The molecule has 0 radical (unpaired) electrons. The van der Waals surface area contributed by atoms with Gasteiger partial charge in [-0.05, 0) is 12.8 Å². The minimum atomic E-state index is -0.222. The Balaban J connectivity index is 2.84. The lowest BCUT2D eigenvalue weighted by molar-refractivity contribution is 0.869. The molecule has 0 spiro atoms. The molecule has 0 bridgehead atoms. The van der Waals surface area contributed by atoms with Crippen molar-refractivity contribution in [3.8, 4) is 0 Å². The number of allylic oxidation sites excluding steroid dienone is 1. The molecule has 1 aromatic heterocycles. The first-order valence-electron chi connectivity index (χ1n) is 3.79. The normalized spacial score (nSPS) is 14.3. The lowest BCUT2D eigenvalue weighted by atomic mass is 10.0. The number of hydrogen-bond donors (Lipinski definition) is 2. The van der Waals surface area contributed by atoms with Crippen LogP contribution in [0.1, 0.15) is 17.5 Å². The van der Waals surface area contributed by atoms with Crippen molar-refractivity contribution >= 4 is 6.08 Å². The van der Waals surface area contributed by atoms with Crippen LogP contribution in [0.3, 0.4) is 0 Å². The molecule has 4 heteroatoms. The first-order chi connectivity index (χ1) is 5.79. The van der Waals surface area contributed by atoms with Crippen molar-refractivity contribution < 1.29 is 0 Å². The quantitative estimate of drug-likeness (QED) is 0.567. The molecule has 4 nitrogen and oxygen atoms in total. The van der Waals surface area contributed by atoms with Crippen LogP contribution in [0.25, 0.3) is 6.08 Å². The van der Waals surface area contributed by atoms with E-state index in [1.807, 2.05) is 6.08 Å². The first-order valence-corrected chi connectivity index (χ1v) is 3.79. The molecular weight excluding hydrogens is 156 g/mol. The molecule has 1 aliphatic carbocycles. The number of aromatic amines is 2. The predicted molar refractivity (Wildman–Crippen MR) is 45.0 cm³/mol. The molecule has 2 N–H and O–H groups in total. The van der Waals surface area contributed by atoms with E-state index in [1.54, 1.807) is 6.08 Å². The van der Waals surface area contributed by atoms with E-state index in [4.69, 9.17) is 0 Å². The van der Waals surface area contributed by atoms with Gasteiger partial charge in [-0.3, -0.25) is 19.8 Å². The van der Waals surface area contributed by atoms with Gasteiger partial charge in [0.2, 0.25) is 0 Å². The molecule has 0 fully saturated rings. The van der Waals surface area contributed by atoms with Crippen LogP contribution >= 0.6 is 0 Å². The summed E-state index contributed by atoms with van der Waals surface area (Å²) in [5.41, 5.74) is 0.695. The number of H-pyrrole nitrogens is 2. The highest BCUT2D eigenvalue weighted by atomic mass is 16.1. The maximum absolute atomic E-state index is 11.2. The largest absolute Gasteiger partial charge is 0.270 e. The second-order valence-corrected chi connectivity index (χ2v) is 2.74. The standard InChI is InChI=1S/C8H8N2O2/c11-7-5-3-1-2-4-6(5)8(12)10-9-7/h1,3H,2,4H2,(H,9,11)(H,10,12). The molecule has 0 unspecified atom stereocenters. The van der Waals surface area contributed by atoms with Crippen molar-refractivity contribution in [1.29, 1.82) is 0 Å². The van der Waals surface area contributed by atoms with Gasteiger partial charge in [-0.2, -0.15) is 0 Å². The highest BCUT2D eigenvalue weighted by Crippen LogP contribution is 2.09. The maximum atomic E-state index is 11.2. The zero-order valence-corrected chi connectivity index (χ0v) is 6.39. The Hall–Kier alpha value is -1.58. The molecule has 2 rings (SSSR count). The number of rotatable bonds is 0. The summed E-state index contributed by atoms with van der Waals surface area (Å²) in [7, 11) is 0. The van der Waals surface area contributed by atoms with Crippen LogP contribution in [0.5, 0.6) is 0 Å². The van der Waals surface area contributed by atoms with E-state index >= 15 is 0 Å².